The van der Waals surface area contributed by atoms with Crippen molar-refractivity contribution in [3.05, 3.63) is 71.8 Å². The summed E-state index contributed by atoms with van der Waals surface area (Å²) in [7, 11) is 0. The summed E-state index contributed by atoms with van der Waals surface area (Å²) >= 11 is 0. The van der Waals surface area contributed by atoms with Crippen LogP contribution in [0.5, 0.6) is 0 Å². The summed E-state index contributed by atoms with van der Waals surface area (Å²) in [6, 6.07) is 13.0. The number of nitrogens with zero attached hydrogens (tertiary/aromatic N) is 1. The molecule has 4 amide bonds. The average molecular weight is 391 g/mol. The van der Waals surface area contributed by atoms with E-state index < -0.39 is 35.7 Å². The fourth-order valence-electron chi connectivity index (χ4n) is 2.96. The Labute approximate surface area is 158 Å². The van der Waals surface area contributed by atoms with E-state index in [0.717, 1.165) is 0 Å². The van der Waals surface area contributed by atoms with Gasteiger partial charge in [0.25, 0.3) is 17.5 Å². The van der Waals surface area contributed by atoms with Crippen LogP contribution in [0.3, 0.4) is 0 Å². The summed E-state index contributed by atoms with van der Waals surface area (Å²) in [6.07, 6.45) is -5.25. The van der Waals surface area contributed by atoms with Gasteiger partial charge in [0.05, 0.1) is 6.04 Å². The van der Waals surface area contributed by atoms with Gasteiger partial charge in [0.15, 0.2) is 0 Å². The van der Waals surface area contributed by atoms with E-state index in [9.17, 15) is 27.6 Å². The first kappa shape index (κ1) is 19.4. The Morgan fingerprint density at radius 3 is 2.11 bits per heavy atom. The Kier molecular flexibility index (Phi) is 4.84. The number of imide groups is 1. The van der Waals surface area contributed by atoms with E-state index >= 15 is 0 Å². The predicted octanol–water partition coefficient (Wildman–Crippen LogP) is 2.99. The molecule has 1 heterocycles. The third-order valence-electron chi connectivity index (χ3n) is 4.48. The van der Waals surface area contributed by atoms with E-state index in [2.05, 4.69) is 0 Å². The molecule has 1 aliphatic heterocycles. The van der Waals surface area contributed by atoms with Crippen molar-refractivity contribution in [2.45, 2.75) is 24.8 Å². The lowest BCUT2D eigenvalue weighted by molar-refractivity contribution is -0.200. The highest BCUT2D eigenvalue weighted by molar-refractivity contribution is 6.10. The smallest absolute Gasteiger partial charge is 0.314 e. The third kappa shape index (κ3) is 3.19. The summed E-state index contributed by atoms with van der Waals surface area (Å²) in [6.45, 7) is 1.43. The second kappa shape index (κ2) is 6.99. The SMILES string of the molecule is C[C@H](c1ccccc1)N1C(=O)N[C@@](NC(=O)c2ccccc2)(C(F)(F)F)C1=O. The second-order valence-corrected chi connectivity index (χ2v) is 6.26. The standard InChI is InChI=1S/C19H16F3N3O3/c1-12(13-8-4-2-5-9-13)25-16(27)18(19(20,21)22,24-17(25)28)23-15(26)14-10-6-3-7-11-14/h2-12H,1H3,(H,23,26)(H,24,28)/t12-,18-/m1/s1. The van der Waals surface area contributed by atoms with E-state index in [-0.39, 0.29) is 5.56 Å². The lowest BCUT2D eigenvalue weighted by atomic mass is 10.0. The first-order chi connectivity index (χ1) is 13.2. The third-order valence-corrected chi connectivity index (χ3v) is 4.48. The number of halogens is 3. The van der Waals surface area contributed by atoms with E-state index in [1.807, 2.05) is 0 Å². The van der Waals surface area contributed by atoms with Crippen molar-refractivity contribution in [3.63, 3.8) is 0 Å². The van der Waals surface area contributed by atoms with E-state index in [4.69, 9.17) is 0 Å². The lowest BCUT2D eigenvalue weighted by Gasteiger charge is -2.30. The maximum absolute atomic E-state index is 13.9. The van der Waals surface area contributed by atoms with Gasteiger partial charge in [0, 0.05) is 5.56 Å². The van der Waals surface area contributed by atoms with Crippen LogP contribution in [-0.4, -0.2) is 34.6 Å². The number of amides is 4. The molecule has 1 aliphatic rings. The summed E-state index contributed by atoms with van der Waals surface area (Å²) in [5.41, 5.74) is -3.15. The van der Waals surface area contributed by atoms with E-state index in [1.54, 1.807) is 47.0 Å². The first-order valence-electron chi connectivity index (χ1n) is 8.32. The molecule has 6 nitrogen and oxygen atoms in total. The molecular weight excluding hydrogens is 375 g/mol. The Bertz CT molecular complexity index is 903. The van der Waals surface area contributed by atoms with Crippen molar-refractivity contribution in [2.75, 3.05) is 0 Å². The van der Waals surface area contributed by atoms with Crippen molar-refractivity contribution in [3.8, 4) is 0 Å². The van der Waals surface area contributed by atoms with Gasteiger partial charge in [0.2, 0.25) is 0 Å². The minimum Gasteiger partial charge on any atom is -0.314 e. The molecule has 2 aromatic rings. The normalized spacial score (nSPS) is 20.6. The van der Waals surface area contributed by atoms with Crippen LogP contribution in [0.25, 0.3) is 0 Å². The zero-order valence-electron chi connectivity index (χ0n) is 14.7. The first-order valence-corrected chi connectivity index (χ1v) is 8.32. The predicted molar refractivity (Wildman–Crippen MR) is 92.9 cm³/mol. The molecule has 0 aliphatic carbocycles. The lowest BCUT2D eigenvalue weighted by Crippen LogP contribution is -2.69. The Hall–Kier alpha value is -3.36. The molecular formula is C19H16F3N3O3. The highest BCUT2D eigenvalue weighted by atomic mass is 19.4. The molecule has 2 aromatic carbocycles. The summed E-state index contributed by atoms with van der Waals surface area (Å²) in [5, 5.41) is 3.32. The highest BCUT2D eigenvalue weighted by Crippen LogP contribution is 2.37. The molecule has 0 unspecified atom stereocenters. The molecule has 146 valence electrons. The molecule has 1 fully saturated rings. The zero-order chi connectivity index (χ0) is 20.5. The van der Waals surface area contributed by atoms with Crippen LogP contribution in [0.2, 0.25) is 0 Å². The molecule has 9 heteroatoms. The molecule has 28 heavy (non-hydrogen) atoms. The number of rotatable bonds is 4. The fourth-order valence-corrected chi connectivity index (χ4v) is 2.96. The Morgan fingerprint density at radius 1 is 1.04 bits per heavy atom. The summed E-state index contributed by atoms with van der Waals surface area (Å²) in [5.74, 6) is -2.73. The van der Waals surface area contributed by atoms with Crippen molar-refractivity contribution in [2.24, 2.45) is 0 Å². The molecule has 0 aromatic heterocycles. The van der Waals surface area contributed by atoms with Gasteiger partial charge in [-0.2, -0.15) is 13.2 Å². The van der Waals surface area contributed by atoms with Crippen LogP contribution >= 0.6 is 0 Å². The Balaban J connectivity index is 1.97. The van der Waals surface area contributed by atoms with Gasteiger partial charge in [-0.25, -0.2) is 4.79 Å². The van der Waals surface area contributed by atoms with Gasteiger partial charge in [-0.05, 0) is 24.6 Å². The van der Waals surface area contributed by atoms with Crippen LogP contribution in [0.15, 0.2) is 60.7 Å². The number of carbonyl (C=O) groups excluding carboxylic acids is 3. The van der Waals surface area contributed by atoms with Gasteiger partial charge >= 0.3 is 12.2 Å². The van der Waals surface area contributed by atoms with Crippen LogP contribution in [0.4, 0.5) is 18.0 Å². The van der Waals surface area contributed by atoms with Gasteiger partial charge < -0.3 is 5.32 Å². The number of carbonyl (C=O) groups is 3. The number of hydrogen-bond donors (Lipinski definition) is 2. The Morgan fingerprint density at radius 2 is 1.57 bits per heavy atom. The number of benzene rings is 2. The second-order valence-electron chi connectivity index (χ2n) is 6.26. The molecule has 0 spiro atoms. The van der Waals surface area contributed by atoms with E-state index in [0.29, 0.717) is 10.5 Å². The number of nitrogens with one attached hydrogen (secondary N) is 2. The summed E-state index contributed by atoms with van der Waals surface area (Å²) < 4.78 is 41.6. The van der Waals surface area contributed by atoms with Crippen molar-refractivity contribution in [1.29, 1.82) is 0 Å². The average Bonchev–Trinajstić information content (AvgIpc) is 2.93. The number of urea groups is 1. The summed E-state index contributed by atoms with van der Waals surface area (Å²) in [4.78, 5) is 37.9. The van der Waals surface area contributed by atoms with Crippen LogP contribution in [0, 0.1) is 0 Å². The van der Waals surface area contributed by atoms with Gasteiger partial charge in [-0.15, -0.1) is 0 Å². The molecule has 3 rings (SSSR count). The van der Waals surface area contributed by atoms with Crippen LogP contribution < -0.4 is 10.6 Å². The van der Waals surface area contributed by atoms with Gasteiger partial charge in [0.1, 0.15) is 0 Å². The van der Waals surface area contributed by atoms with E-state index in [1.165, 1.54) is 31.2 Å². The molecule has 2 N–H and O–H groups in total. The maximum Gasteiger partial charge on any atom is 0.440 e. The quantitative estimate of drug-likeness (QED) is 0.787. The zero-order valence-corrected chi connectivity index (χ0v) is 14.7. The monoisotopic (exact) mass is 391 g/mol. The maximum atomic E-state index is 13.9. The van der Waals surface area contributed by atoms with Crippen molar-refractivity contribution in [1.82, 2.24) is 15.5 Å². The van der Waals surface area contributed by atoms with Crippen molar-refractivity contribution < 1.29 is 27.6 Å². The largest absolute Gasteiger partial charge is 0.440 e. The molecule has 0 radical (unpaired) electrons. The number of alkyl halides is 3. The van der Waals surface area contributed by atoms with Gasteiger partial charge in [-0.3, -0.25) is 19.8 Å². The molecule has 0 saturated carbocycles. The van der Waals surface area contributed by atoms with Gasteiger partial charge in [-0.1, -0.05) is 48.5 Å². The molecule has 0 bridgehead atoms. The highest BCUT2D eigenvalue weighted by Gasteiger charge is 2.69. The minimum atomic E-state index is -5.25. The topological polar surface area (TPSA) is 78.5 Å². The molecule has 2 atom stereocenters. The number of hydrogen-bond acceptors (Lipinski definition) is 3. The molecule has 1 saturated heterocycles. The van der Waals surface area contributed by atoms with Crippen LogP contribution in [-0.2, 0) is 4.79 Å². The van der Waals surface area contributed by atoms with Crippen molar-refractivity contribution >= 4 is 17.8 Å². The fraction of sp³-hybridized carbons (Fsp3) is 0.211. The minimum absolute atomic E-state index is 0.0808. The van der Waals surface area contributed by atoms with Crippen LogP contribution in [0.1, 0.15) is 28.9 Å².